The van der Waals surface area contributed by atoms with Crippen molar-refractivity contribution in [1.82, 2.24) is 9.97 Å². The molecule has 4 nitrogen and oxygen atoms in total. The van der Waals surface area contributed by atoms with E-state index in [1.54, 1.807) is 6.07 Å². The zero-order chi connectivity index (χ0) is 8.97. The maximum atomic E-state index is 10.7. The minimum Gasteiger partial charge on any atom is -0.300 e. The Bertz CT molecular complexity index is 310. The van der Waals surface area contributed by atoms with Crippen LogP contribution in [0.2, 0.25) is 0 Å². The number of Topliss-reactive ketones (excluding diaryl/α,β-unsaturated/α-hetero) is 1. The van der Waals surface area contributed by atoms with Gasteiger partial charge in [0.05, 0.1) is 5.69 Å². The third-order valence-corrected chi connectivity index (χ3v) is 1.27. The molecule has 0 aromatic carbocycles. The number of carbonyl (C=O) groups is 2. The van der Waals surface area contributed by atoms with Crippen molar-refractivity contribution < 1.29 is 9.59 Å². The molecule has 1 aromatic rings. The average Bonchev–Trinajstić information content (AvgIpc) is 2.03. The normalized spacial score (nSPS) is 9.42. The highest BCUT2D eigenvalue weighted by Crippen LogP contribution is 1.95. The van der Waals surface area contributed by atoms with Crippen LogP contribution in [0, 0.1) is 0 Å². The molecular formula is C8H8N2O2. The highest BCUT2D eigenvalue weighted by atomic mass is 16.1. The summed E-state index contributed by atoms with van der Waals surface area (Å²) < 4.78 is 0. The topological polar surface area (TPSA) is 59.9 Å². The Balaban J connectivity index is 2.86. The molecule has 1 heterocycles. The molecule has 62 valence electrons. The second-order valence-corrected chi connectivity index (χ2v) is 2.40. The van der Waals surface area contributed by atoms with Crippen molar-refractivity contribution in [2.24, 2.45) is 0 Å². The van der Waals surface area contributed by atoms with Gasteiger partial charge in [-0.05, 0) is 13.0 Å². The molecule has 0 radical (unpaired) electrons. The summed E-state index contributed by atoms with van der Waals surface area (Å²) in [6.45, 7) is 1.47. The van der Waals surface area contributed by atoms with Crippen LogP contribution in [-0.4, -0.2) is 22.0 Å². The van der Waals surface area contributed by atoms with Gasteiger partial charge in [-0.2, -0.15) is 0 Å². The molecular weight excluding hydrogens is 156 g/mol. The molecule has 0 amide bonds. The highest BCUT2D eigenvalue weighted by Gasteiger charge is 2.00. The van der Waals surface area contributed by atoms with Crippen LogP contribution in [0.15, 0.2) is 12.3 Å². The zero-order valence-electron chi connectivity index (χ0n) is 6.65. The Kier molecular flexibility index (Phi) is 2.63. The molecule has 0 aliphatic carbocycles. The van der Waals surface area contributed by atoms with Gasteiger partial charge in [0.15, 0.2) is 12.1 Å². The van der Waals surface area contributed by atoms with Crippen molar-refractivity contribution in [3.05, 3.63) is 23.8 Å². The van der Waals surface area contributed by atoms with Crippen LogP contribution in [0.25, 0.3) is 0 Å². The van der Waals surface area contributed by atoms with E-state index in [1.807, 2.05) is 0 Å². The van der Waals surface area contributed by atoms with Crippen molar-refractivity contribution in [1.29, 1.82) is 0 Å². The first kappa shape index (κ1) is 8.52. The second kappa shape index (κ2) is 3.71. The number of nitrogens with zero attached hydrogens (tertiary/aromatic N) is 2. The molecule has 0 aliphatic rings. The second-order valence-electron chi connectivity index (χ2n) is 2.40. The van der Waals surface area contributed by atoms with Gasteiger partial charge in [0.1, 0.15) is 5.78 Å². The summed E-state index contributed by atoms with van der Waals surface area (Å²) in [7, 11) is 0. The summed E-state index contributed by atoms with van der Waals surface area (Å²) in [5.74, 6) is 0.138. The fourth-order valence-corrected chi connectivity index (χ4v) is 0.823. The minimum absolute atomic E-state index is 0.0190. The van der Waals surface area contributed by atoms with E-state index in [4.69, 9.17) is 0 Å². The van der Waals surface area contributed by atoms with Crippen LogP contribution >= 0.6 is 0 Å². The number of hydrogen-bond donors (Lipinski definition) is 0. The molecule has 0 N–H and O–H groups in total. The third-order valence-electron chi connectivity index (χ3n) is 1.27. The molecule has 12 heavy (non-hydrogen) atoms. The van der Waals surface area contributed by atoms with Gasteiger partial charge >= 0.3 is 0 Å². The van der Waals surface area contributed by atoms with E-state index >= 15 is 0 Å². The lowest BCUT2D eigenvalue weighted by Crippen LogP contribution is -2.02. The first-order chi connectivity index (χ1) is 5.72. The minimum atomic E-state index is 0.0190. The largest absolute Gasteiger partial charge is 0.300 e. The number of carbonyl (C=O) groups excluding carboxylic acids is 2. The maximum absolute atomic E-state index is 10.7. The Labute approximate surface area is 69.7 Å². The molecule has 0 atom stereocenters. The summed E-state index contributed by atoms with van der Waals surface area (Å²) in [4.78, 5) is 28.4. The summed E-state index contributed by atoms with van der Waals surface area (Å²) in [5.41, 5.74) is 0.583. The van der Waals surface area contributed by atoms with Crippen LogP contribution in [0.4, 0.5) is 0 Å². The first-order valence-corrected chi connectivity index (χ1v) is 3.49. The van der Waals surface area contributed by atoms with E-state index in [1.165, 1.54) is 13.1 Å². The van der Waals surface area contributed by atoms with Gasteiger partial charge in [0.25, 0.3) is 0 Å². The molecule has 0 saturated heterocycles. The smallest absolute Gasteiger partial charge is 0.192 e. The standard InChI is InChI=1S/C8H8N2O2/c1-6(12)4-7-2-3-9-8(5-11)10-7/h2-3,5H,4H2,1H3. The van der Waals surface area contributed by atoms with E-state index < -0.39 is 0 Å². The van der Waals surface area contributed by atoms with E-state index in [2.05, 4.69) is 9.97 Å². The summed E-state index contributed by atoms with van der Waals surface area (Å²) in [6.07, 6.45) is 2.28. The van der Waals surface area contributed by atoms with Crippen LogP contribution in [0.3, 0.4) is 0 Å². The molecule has 0 bridgehead atoms. The van der Waals surface area contributed by atoms with Crippen LogP contribution in [0.5, 0.6) is 0 Å². The average molecular weight is 164 g/mol. The zero-order valence-corrected chi connectivity index (χ0v) is 6.65. The SMILES string of the molecule is CC(=O)Cc1ccnc(C=O)n1. The summed E-state index contributed by atoms with van der Waals surface area (Å²) in [5, 5.41) is 0. The first-order valence-electron chi connectivity index (χ1n) is 3.49. The van der Waals surface area contributed by atoms with Crippen molar-refractivity contribution in [2.75, 3.05) is 0 Å². The molecule has 0 saturated carbocycles. The molecule has 1 aromatic heterocycles. The quantitative estimate of drug-likeness (QED) is 0.607. The predicted octanol–water partition coefficient (Wildman–Crippen LogP) is 0.421. The van der Waals surface area contributed by atoms with E-state index in [-0.39, 0.29) is 18.0 Å². The number of aromatic nitrogens is 2. The van der Waals surface area contributed by atoms with Crippen molar-refractivity contribution in [2.45, 2.75) is 13.3 Å². The predicted molar refractivity (Wildman–Crippen MR) is 41.8 cm³/mol. The lowest BCUT2D eigenvalue weighted by molar-refractivity contribution is -0.116. The van der Waals surface area contributed by atoms with Crippen molar-refractivity contribution in [3.63, 3.8) is 0 Å². The third kappa shape index (κ3) is 2.23. The maximum Gasteiger partial charge on any atom is 0.192 e. The number of hydrogen-bond acceptors (Lipinski definition) is 4. The van der Waals surface area contributed by atoms with Crippen LogP contribution < -0.4 is 0 Å². The molecule has 0 spiro atoms. The number of rotatable bonds is 3. The van der Waals surface area contributed by atoms with E-state index in [9.17, 15) is 9.59 Å². The fourth-order valence-electron chi connectivity index (χ4n) is 0.823. The van der Waals surface area contributed by atoms with E-state index in [0.717, 1.165) is 0 Å². The fraction of sp³-hybridized carbons (Fsp3) is 0.250. The van der Waals surface area contributed by atoms with Crippen molar-refractivity contribution in [3.8, 4) is 0 Å². The van der Waals surface area contributed by atoms with Crippen LogP contribution in [-0.2, 0) is 11.2 Å². The van der Waals surface area contributed by atoms with Crippen molar-refractivity contribution >= 4 is 12.1 Å². The lowest BCUT2D eigenvalue weighted by Gasteiger charge is -1.95. The Morgan fingerprint density at radius 2 is 2.42 bits per heavy atom. The number of aldehydes is 1. The Hall–Kier alpha value is -1.58. The van der Waals surface area contributed by atoms with Gasteiger partial charge < -0.3 is 0 Å². The molecule has 4 heteroatoms. The van der Waals surface area contributed by atoms with Gasteiger partial charge in [0.2, 0.25) is 0 Å². The molecule has 0 aliphatic heterocycles. The van der Waals surface area contributed by atoms with Crippen LogP contribution in [0.1, 0.15) is 23.2 Å². The summed E-state index contributed by atoms with van der Waals surface area (Å²) >= 11 is 0. The monoisotopic (exact) mass is 164 g/mol. The van der Waals surface area contributed by atoms with Gasteiger partial charge in [-0.15, -0.1) is 0 Å². The van der Waals surface area contributed by atoms with E-state index in [0.29, 0.717) is 12.0 Å². The van der Waals surface area contributed by atoms with Gasteiger partial charge in [-0.25, -0.2) is 9.97 Å². The number of ketones is 1. The summed E-state index contributed by atoms with van der Waals surface area (Å²) in [6, 6.07) is 1.62. The van der Waals surface area contributed by atoms with Gasteiger partial charge in [-0.3, -0.25) is 9.59 Å². The molecule has 0 fully saturated rings. The Morgan fingerprint density at radius 1 is 1.67 bits per heavy atom. The molecule has 0 unspecified atom stereocenters. The van der Waals surface area contributed by atoms with Gasteiger partial charge in [0, 0.05) is 12.6 Å². The highest BCUT2D eigenvalue weighted by molar-refractivity contribution is 5.78. The lowest BCUT2D eigenvalue weighted by atomic mass is 10.2. The Morgan fingerprint density at radius 3 is 3.00 bits per heavy atom. The van der Waals surface area contributed by atoms with Gasteiger partial charge in [-0.1, -0.05) is 0 Å². The molecule has 1 rings (SSSR count).